The van der Waals surface area contributed by atoms with Gasteiger partial charge in [0, 0.05) is 22.7 Å². The Kier molecular flexibility index (Phi) is 3.57. The van der Waals surface area contributed by atoms with Crippen molar-refractivity contribution in [3.63, 3.8) is 0 Å². The summed E-state index contributed by atoms with van der Waals surface area (Å²) in [4.78, 5) is 28.1. The average Bonchev–Trinajstić information content (AvgIpc) is 3.07. The van der Waals surface area contributed by atoms with Crippen LogP contribution in [0.15, 0.2) is 29.9 Å². The Morgan fingerprint density at radius 2 is 2.22 bits per heavy atom. The maximum absolute atomic E-state index is 13.0. The number of fused-ring (bicyclic) bond motifs is 2. The van der Waals surface area contributed by atoms with Gasteiger partial charge in [-0.25, -0.2) is 14.4 Å². The number of pyridine rings is 2. The number of nitrogens with one attached hydrogen (secondary N) is 2. The molecule has 0 saturated heterocycles. The van der Waals surface area contributed by atoms with Crippen LogP contribution in [0.25, 0.3) is 32.5 Å². The second-order valence-corrected chi connectivity index (χ2v) is 7.25. The number of thiazole rings is 1. The van der Waals surface area contributed by atoms with Crippen molar-refractivity contribution >= 4 is 44.4 Å². The van der Waals surface area contributed by atoms with Crippen LogP contribution in [0.2, 0.25) is 0 Å². The van der Waals surface area contributed by atoms with Crippen molar-refractivity contribution in [3.8, 4) is 17.0 Å². The number of hydrogen-bond acceptors (Lipinski definition) is 6. The maximum Gasteiger partial charge on any atom is 0.231 e. The van der Waals surface area contributed by atoms with E-state index in [4.69, 9.17) is 4.74 Å². The van der Waals surface area contributed by atoms with Crippen LogP contribution in [0.1, 0.15) is 6.42 Å². The topological polar surface area (TPSA) is 92.8 Å². The van der Waals surface area contributed by atoms with Crippen molar-refractivity contribution in [2.75, 3.05) is 12.4 Å². The predicted molar refractivity (Wildman–Crippen MR) is 101 cm³/mol. The number of hydrogen-bond donors (Lipinski definition) is 2. The van der Waals surface area contributed by atoms with Crippen LogP contribution in [0.3, 0.4) is 0 Å². The fourth-order valence-corrected chi connectivity index (χ4v) is 3.74. The summed E-state index contributed by atoms with van der Waals surface area (Å²) in [6.45, 7) is 0. The quantitative estimate of drug-likeness (QED) is 0.562. The van der Waals surface area contributed by atoms with E-state index in [0.717, 1.165) is 21.2 Å². The van der Waals surface area contributed by atoms with E-state index in [1.54, 1.807) is 18.7 Å². The number of ether oxygens (including phenoxy) is 1. The first kappa shape index (κ1) is 16.1. The molecule has 0 spiro atoms. The van der Waals surface area contributed by atoms with Crippen LogP contribution < -0.4 is 10.1 Å². The van der Waals surface area contributed by atoms with E-state index in [1.165, 1.54) is 11.3 Å². The first-order valence-corrected chi connectivity index (χ1v) is 9.23. The van der Waals surface area contributed by atoms with Gasteiger partial charge in [-0.2, -0.15) is 4.98 Å². The molecule has 27 heavy (non-hydrogen) atoms. The second-order valence-electron chi connectivity index (χ2n) is 6.36. The van der Waals surface area contributed by atoms with Gasteiger partial charge in [-0.1, -0.05) is 0 Å². The first-order chi connectivity index (χ1) is 13.1. The Bertz CT molecular complexity index is 1190. The Morgan fingerprint density at radius 3 is 3.00 bits per heavy atom. The van der Waals surface area contributed by atoms with E-state index in [-0.39, 0.29) is 12.3 Å². The summed E-state index contributed by atoms with van der Waals surface area (Å²) in [5.74, 6) is -0.0109. The summed E-state index contributed by atoms with van der Waals surface area (Å²) >= 11 is 1.51. The highest BCUT2D eigenvalue weighted by Gasteiger charge is 2.43. The second kappa shape index (κ2) is 5.98. The van der Waals surface area contributed by atoms with Crippen LogP contribution >= 0.6 is 11.3 Å². The number of aromatic nitrogens is 4. The molecule has 2 atom stereocenters. The van der Waals surface area contributed by atoms with Crippen molar-refractivity contribution in [1.29, 1.82) is 0 Å². The van der Waals surface area contributed by atoms with Gasteiger partial charge in [0.25, 0.3) is 0 Å². The number of alkyl halides is 1. The Hall–Kier alpha value is -3.07. The molecule has 7 nitrogen and oxygen atoms in total. The smallest absolute Gasteiger partial charge is 0.231 e. The number of amides is 1. The molecule has 1 saturated carbocycles. The molecule has 5 rings (SSSR count). The zero-order valence-electron chi connectivity index (χ0n) is 14.2. The normalized spacial score (nSPS) is 18.7. The third kappa shape index (κ3) is 2.71. The van der Waals surface area contributed by atoms with E-state index in [1.807, 2.05) is 18.3 Å². The van der Waals surface area contributed by atoms with Gasteiger partial charge in [-0.3, -0.25) is 4.79 Å². The predicted octanol–water partition coefficient (Wildman–Crippen LogP) is 3.54. The van der Waals surface area contributed by atoms with Crippen LogP contribution in [-0.2, 0) is 4.79 Å². The maximum atomic E-state index is 13.0. The summed E-state index contributed by atoms with van der Waals surface area (Å²) in [5, 5.41) is 3.53. The molecule has 1 aliphatic rings. The van der Waals surface area contributed by atoms with Gasteiger partial charge < -0.3 is 15.0 Å². The van der Waals surface area contributed by atoms with Crippen molar-refractivity contribution in [1.82, 2.24) is 19.9 Å². The van der Waals surface area contributed by atoms with Gasteiger partial charge in [0.2, 0.25) is 11.8 Å². The summed E-state index contributed by atoms with van der Waals surface area (Å²) in [5.41, 5.74) is 4.73. The molecule has 4 aromatic heterocycles. The van der Waals surface area contributed by atoms with Crippen molar-refractivity contribution < 1.29 is 13.9 Å². The van der Waals surface area contributed by atoms with E-state index < -0.39 is 12.1 Å². The molecular formula is C18H14FN5O2S. The molecular weight excluding hydrogens is 369 g/mol. The van der Waals surface area contributed by atoms with Crippen molar-refractivity contribution in [2.45, 2.75) is 12.6 Å². The largest absolute Gasteiger partial charge is 0.480 e. The Labute approximate surface area is 156 Å². The molecule has 0 aliphatic heterocycles. The minimum absolute atomic E-state index is 0.285. The summed E-state index contributed by atoms with van der Waals surface area (Å²) < 4.78 is 19.4. The number of halogens is 1. The highest BCUT2D eigenvalue weighted by molar-refractivity contribution is 7.16. The van der Waals surface area contributed by atoms with Gasteiger partial charge in [-0.15, -0.1) is 11.3 Å². The lowest BCUT2D eigenvalue weighted by Crippen LogP contribution is -2.15. The number of carbonyl (C=O) groups is 1. The lowest BCUT2D eigenvalue weighted by atomic mass is 10.1. The minimum Gasteiger partial charge on any atom is -0.480 e. The lowest BCUT2D eigenvalue weighted by molar-refractivity contribution is -0.117. The van der Waals surface area contributed by atoms with Crippen LogP contribution in [-0.4, -0.2) is 39.1 Å². The zero-order chi connectivity index (χ0) is 18.5. The molecule has 1 fully saturated rings. The highest BCUT2D eigenvalue weighted by Crippen LogP contribution is 2.37. The van der Waals surface area contributed by atoms with Gasteiger partial charge in [0.05, 0.1) is 23.2 Å². The van der Waals surface area contributed by atoms with Gasteiger partial charge in [-0.05, 0) is 24.6 Å². The molecule has 4 aromatic rings. The SMILES string of the molecule is COc1nc2ncsc2cc1-c1c[nH]c2nc(NC(=O)C3CC3F)ccc12. The molecule has 1 aliphatic carbocycles. The monoisotopic (exact) mass is 383 g/mol. The number of anilines is 1. The number of rotatable bonds is 4. The molecule has 2 unspecified atom stereocenters. The molecule has 136 valence electrons. The molecule has 2 N–H and O–H groups in total. The van der Waals surface area contributed by atoms with E-state index in [9.17, 15) is 9.18 Å². The van der Waals surface area contributed by atoms with E-state index in [2.05, 4.69) is 25.3 Å². The third-order valence-corrected chi connectivity index (χ3v) is 5.38. The standard InChI is InChI=1S/C18H14FN5O2S/c1-26-18-9(5-13-16(24-18)21-7-27-13)11-6-20-15-8(11)2-3-14(22-15)23-17(25)10-4-12(10)19/h2-3,5-7,10,12H,4H2,1H3,(H2,20,22,23,25). The zero-order valence-corrected chi connectivity index (χ0v) is 15.0. The highest BCUT2D eigenvalue weighted by atomic mass is 32.1. The third-order valence-electron chi connectivity index (χ3n) is 4.61. The van der Waals surface area contributed by atoms with Gasteiger partial charge in [0.15, 0.2) is 5.65 Å². The molecule has 9 heteroatoms. The Balaban J connectivity index is 1.54. The molecule has 0 aromatic carbocycles. The van der Waals surface area contributed by atoms with E-state index >= 15 is 0 Å². The number of methoxy groups -OCH3 is 1. The average molecular weight is 383 g/mol. The van der Waals surface area contributed by atoms with Gasteiger partial charge >= 0.3 is 0 Å². The molecule has 0 bridgehead atoms. The van der Waals surface area contributed by atoms with Crippen LogP contribution in [0.5, 0.6) is 5.88 Å². The minimum atomic E-state index is -1.03. The molecule has 0 radical (unpaired) electrons. The number of carbonyl (C=O) groups excluding carboxylic acids is 1. The summed E-state index contributed by atoms with van der Waals surface area (Å²) in [6.07, 6.45) is 1.08. The lowest BCUT2D eigenvalue weighted by Gasteiger charge is -2.07. The fourth-order valence-electron chi connectivity index (χ4n) is 3.08. The number of nitrogens with zero attached hydrogens (tertiary/aromatic N) is 3. The summed E-state index contributed by atoms with van der Waals surface area (Å²) in [7, 11) is 1.57. The van der Waals surface area contributed by atoms with Gasteiger partial charge in [0.1, 0.15) is 17.6 Å². The summed E-state index contributed by atoms with van der Waals surface area (Å²) in [6, 6.07) is 5.56. The molecule has 1 amide bonds. The van der Waals surface area contributed by atoms with Crippen LogP contribution in [0, 0.1) is 5.92 Å². The number of H-pyrrole nitrogens is 1. The van der Waals surface area contributed by atoms with E-state index in [0.29, 0.717) is 23.0 Å². The van der Waals surface area contributed by atoms with Crippen molar-refractivity contribution in [3.05, 3.63) is 29.9 Å². The Morgan fingerprint density at radius 1 is 1.37 bits per heavy atom. The van der Waals surface area contributed by atoms with Crippen molar-refractivity contribution in [2.24, 2.45) is 5.92 Å². The van der Waals surface area contributed by atoms with Crippen LogP contribution in [0.4, 0.5) is 10.2 Å². The fraction of sp³-hybridized carbons (Fsp3) is 0.222. The first-order valence-electron chi connectivity index (χ1n) is 8.35. The molecule has 4 heterocycles. The number of aromatic amines is 1.